The molecular formula is C24H22N2O6S. The Hall–Kier alpha value is -3.72. The summed E-state index contributed by atoms with van der Waals surface area (Å²) in [4.78, 5) is 44.3. The Morgan fingerprint density at radius 2 is 1.85 bits per heavy atom. The van der Waals surface area contributed by atoms with Crippen LogP contribution in [-0.4, -0.2) is 34.4 Å². The zero-order chi connectivity index (χ0) is 23.9. The number of hydrogen-bond donors (Lipinski definition) is 1. The van der Waals surface area contributed by atoms with Gasteiger partial charge in [-0.05, 0) is 39.8 Å². The highest BCUT2D eigenvalue weighted by Crippen LogP contribution is 2.44. The number of nitrogens with zero attached hydrogens (tertiary/aromatic N) is 2. The molecule has 4 rings (SSSR count). The Labute approximate surface area is 194 Å². The number of carbonyl (C=O) groups is 3. The van der Waals surface area contributed by atoms with Crippen molar-refractivity contribution < 1.29 is 28.6 Å². The standard InChI is InChI=1S/C24H22N2O6S/c1-5-31-23(30)21-14(4)25-24(33-21)26-18(16-11-8-13(3)32-16)17(20(28)22(26)29)19(27)15-9-6-12(2)7-10-15/h6-11,18,27H,5H2,1-4H3/b19-17+/t18-/m1/s1. The Bertz CT molecular complexity index is 1280. The van der Waals surface area contributed by atoms with Gasteiger partial charge >= 0.3 is 11.9 Å². The predicted molar refractivity (Wildman–Crippen MR) is 122 cm³/mol. The number of aryl methyl sites for hydroxylation is 3. The van der Waals surface area contributed by atoms with Crippen LogP contribution in [0.1, 0.15) is 51.0 Å². The Morgan fingerprint density at radius 1 is 1.15 bits per heavy atom. The Morgan fingerprint density at radius 3 is 2.45 bits per heavy atom. The Balaban J connectivity index is 1.89. The van der Waals surface area contributed by atoms with Gasteiger partial charge in [0.05, 0.1) is 17.9 Å². The average Bonchev–Trinajstić information content (AvgIpc) is 3.44. The maximum Gasteiger partial charge on any atom is 0.350 e. The summed E-state index contributed by atoms with van der Waals surface area (Å²) in [7, 11) is 0. The summed E-state index contributed by atoms with van der Waals surface area (Å²) in [5.74, 6) is -1.72. The van der Waals surface area contributed by atoms with Crippen molar-refractivity contribution in [2.45, 2.75) is 33.7 Å². The van der Waals surface area contributed by atoms with Crippen LogP contribution in [0.15, 0.2) is 46.4 Å². The molecule has 1 fully saturated rings. The lowest BCUT2D eigenvalue weighted by molar-refractivity contribution is -0.132. The molecule has 8 nitrogen and oxygen atoms in total. The minimum absolute atomic E-state index is 0.108. The average molecular weight is 467 g/mol. The summed E-state index contributed by atoms with van der Waals surface area (Å²) in [5.41, 5.74) is 1.65. The maximum atomic E-state index is 13.2. The van der Waals surface area contributed by atoms with E-state index in [2.05, 4.69) is 4.98 Å². The maximum absolute atomic E-state index is 13.2. The lowest BCUT2D eigenvalue weighted by Crippen LogP contribution is -2.29. The molecule has 0 unspecified atom stereocenters. The fourth-order valence-corrected chi connectivity index (χ4v) is 4.62. The number of rotatable bonds is 5. The summed E-state index contributed by atoms with van der Waals surface area (Å²) in [6.07, 6.45) is 0. The van der Waals surface area contributed by atoms with Gasteiger partial charge in [0.15, 0.2) is 5.13 Å². The van der Waals surface area contributed by atoms with Crippen molar-refractivity contribution in [3.8, 4) is 0 Å². The molecule has 0 bridgehead atoms. The molecule has 1 aromatic carbocycles. The molecule has 1 aliphatic heterocycles. The van der Waals surface area contributed by atoms with Gasteiger partial charge in [0.25, 0.3) is 5.78 Å². The normalized spacial score (nSPS) is 17.6. The smallest absolute Gasteiger partial charge is 0.350 e. The lowest BCUT2D eigenvalue weighted by Gasteiger charge is -2.20. The molecule has 1 amide bonds. The van der Waals surface area contributed by atoms with Gasteiger partial charge in [-0.3, -0.25) is 14.5 Å². The van der Waals surface area contributed by atoms with E-state index in [1.165, 1.54) is 4.90 Å². The van der Waals surface area contributed by atoms with E-state index in [-0.39, 0.29) is 27.9 Å². The molecule has 0 aliphatic carbocycles. The topological polar surface area (TPSA) is 110 Å². The van der Waals surface area contributed by atoms with E-state index in [1.54, 1.807) is 57.2 Å². The van der Waals surface area contributed by atoms with Crippen LogP contribution < -0.4 is 4.90 Å². The van der Waals surface area contributed by atoms with Gasteiger partial charge in [-0.2, -0.15) is 0 Å². The third-order valence-corrected chi connectivity index (χ3v) is 6.39. The van der Waals surface area contributed by atoms with Gasteiger partial charge in [-0.1, -0.05) is 41.2 Å². The number of ketones is 1. The number of aliphatic hydroxyl groups is 1. The summed E-state index contributed by atoms with van der Waals surface area (Å²) in [6.45, 7) is 7.15. The van der Waals surface area contributed by atoms with Crippen molar-refractivity contribution in [1.29, 1.82) is 0 Å². The monoisotopic (exact) mass is 466 g/mol. The molecule has 1 saturated heterocycles. The number of carbonyl (C=O) groups excluding carboxylic acids is 3. The van der Waals surface area contributed by atoms with E-state index in [9.17, 15) is 19.5 Å². The number of benzene rings is 1. The van der Waals surface area contributed by atoms with Crippen LogP contribution in [0.2, 0.25) is 0 Å². The molecule has 1 N–H and O–H groups in total. The first-order valence-electron chi connectivity index (χ1n) is 10.3. The largest absolute Gasteiger partial charge is 0.507 e. The number of furan rings is 1. The van der Waals surface area contributed by atoms with E-state index < -0.39 is 23.7 Å². The fourth-order valence-electron chi connectivity index (χ4n) is 3.64. The lowest BCUT2D eigenvalue weighted by atomic mass is 9.99. The highest BCUT2D eigenvalue weighted by molar-refractivity contribution is 7.17. The van der Waals surface area contributed by atoms with Crippen LogP contribution >= 0.6 is 11.3 Å². The van der Waals surface area contributed by atoms with Crippen LogP contribution in [0.4, 0.5) is 5.13 Å². The van der Waals surface area contributed by atoms with Gasteiger partial charge < -0.3 is 14.3 Å². The molecule has 33 heavy (non-hydrogen) atoms. The molecule has 0 radical (unpaired) electrons. The predicted octanol–water partition coefficient (Wildman–Crippen LogP) is 4.46. The highest BCUT2D eigenvalue weighted by atomic mass is 32.1. The van der Waals surface area contributed by atoms with Crippen LogP contribution in [0.25, 0.3) is 5.76 Å². The van der Waals surface area contributed by atoms with Crippen molar-refractivity contribution in [3.63, 3.8) is 0 Å². The summed E-state index contributed by atoms with van der Waals surface area (Å²) in [5, 5.41) is 11.2. The van der Waals surface area contributed by atoms with Gasteiger partial charge in [-0.15, -0.1) is 0 Å². The van der Waals surface area contributed by atoms with Crippen LogP contribution in [0, 0.1) is 20.8 Å². The molecule has 1 aliphatic rings. The number of aromatic nitrogens is 1. The summed E-state index contributed by atoms with van der Waals surface area (Å²) >= 11 is 0.949. The first-order chi connectivity index (χ1) is 15.7. The fraction of sp³-hybridized carbons (Fsp3) is 0.250. The van der Waals surface area contributed by atoms with Gasteiger partial charge in [0, 0.05) is 5.56 Å². The van der Waals surface area contributed by atoms with Crippen LogP contribution in [-0.2, 0) is 14.3 Å². The van der Waals surface area contributed by atoms with E-state index in [4.69, 9.17) is 9.15 Å². The second-order valence-corrected chi connectivity index (χ2v) is 8.59. The number of aliphatic hydroxyl groups excluding tert-OH is 1. The zero-order valence-electron chi connectivity index (χ0n) is 18.5. The summed E-state index contributed by atoms with van der Waals surface area (Å²) in [6, 6.07) is 9.26. The van der Waals surface area contributed by atoms with Crippen molar-refractivity contribution in [3.05, 3.63) is 75.2 Å². The number of amides is 1. The summed E-state index contributed by atoms with van der Waals surface area (Å²) < 4.78 is 10.8. The molecule has 9 heteroatoms. The third kappa shape index (κ3) is 3.95. The number of ether oxygens (including phenoxy) is 1. The minimum atomic E-state index is -1.04. The number of esters is 1. The quantitative estimate of drug-likeness (QED) is 0.256. The molecule has 3 aromatic rings. The van der Waals surface area contributed by atoms with Gasteiger partial charge in [0.2, 0.25) is 0 Å². The first kappa shape index (κ1) is 22.5. The minimum Gasteiger partial charge on any atom is -0.507 e. The van der Waals surface area contributed by atoms with Crippen molar-refractivity contribution in [2.75, 3.05) is 11.5 Å². The second kappa shape index (κ2) is 8.67. The van der Waals surface area contributed by atoms with E-state index in [0.717, 1.165) is 16.9 Å². The third-order valence-electron chi connectivity index (χ3n) is 5.25. The number of hydrogen-bond acceptors (Lipinski definition) is 8. The van der Waals surface area contributed by atoms with Gasteiger partial charge in [-0.25, -0.2) is 9.78 Å². The highest BCUT2D eigenvalue weighted by Gasteiger charge is 2.49. The number of thiazole rings is 1. The second-order valence-electron chi connectivity index (χ2n) is 7.61. The van der Waals surface area contributed by atoms with Crippen LogP contribution in [0.5, 0.6) is 0 Å². The molecule has 2 aromatic heterocycles. The zero-order valence-corrected chi connectivity index (χ0v) is 19.4. The van der Waals surface area contributed by atoms with Gasteiger partial charge in [0.1, 0.15) is 28.2 Å². The van der Waals surface area contributed by atoms with Crippen LogP contribution in [0.3, 0.4) is 0 Å². The molecule has 0 saturated carbocycles. The first-order valence-corrected chi connectivity index (χ1v) is 11.1. The molecule has 0 spiro atoms. The SMILES string of the molecule is CCOC(=O)c1sc(N2C(=O)C(=O)/C(=C(/O)c3ccc(C)cc3)[C@H]2c2ccc(C)o2)nc1C. The van der Waals surface area contributed by atoms with E-state index in [1.807, 2.05) is 6.92 Å². The molecule has 170 valence electrons. The van der Waals surface area contributed by atoms with E-state index in [0.29, 0.717) is 22.8 Å². The van der Waals surface area contributed by atoms with Crippen molar-refractivity contribution >= 4 is 39.9 Å². The number of Topliss-reactive ketones (excluding diaryl/α,β-unsaturated/α-hetero) is 1. The molecule has 3 heterocycles. The Kier molecular flexibility index (Phi) is 5.90. The van der Waals surface area contributed by atoms with Crippen molar-refractivity contribution in [1.82, 2.24) is 4.98 Å². The molecular weight excluding hydrogens is 444 g/mol. The number of anilines is 1. The van der Waals surface area contributed by atoms with E-state index >= 15 is 0 Å². The van der Waals surface area contributed by atoms with Crippen molar-refractivity contribution in [2.24, 2.45) is 0 Å². The molecule has 1 atom stereocenters.